The molecule has 12 heteroatoms. The minimum absolute atomic E-state index is 0.0110. The molecule has 0 aliphatic heterocycles. The Balaban J connectivity index is 1.82. The van der Waals surface area contributed by atoms with Gasteiger partial charge in [0.25, 0.3) is 0 Å². The molecule has 3 aromatic heterocycles. The van der Waals surface area contributed by atoms with Crippen LogP contribution in [0.3, 0.4) is 0 Å². The van der Waals surface area contributed by atoms with Crippen LogP contribution in [0.4, 0.5) is 22.2 Å². The van der Waals surface area contributed by atoms with Crippen molar-refractivity contribution in [2.24, 2.45) is 27.5 Å². The van der Waals surface area contributed by atoms with Crippen molar-refractivity contribution in [2.45, 2.75) is 6.92 Å². The smallest absolute Gasteiger partial charge is 0.190 e. The number of hydrogen-bond acceptors (Lipinski definition) is 10. The Bertz CT molecular complexity index is 1320. The van der Waals surface area contributed by atoms with E-state index in [2.05, 4.69) is 34.9 Å². The molecule has 0 bridgehead atoms. The first-order chi connectivity index (χ1) is 14.0. The molecule has 144 valence electrons. The number of aromatic hydroxyl groups is 2. The fourth-order valence-electron chi connectivity index (χ4n) is 2.65. The molecular formula is C17H13N9O2S. The molecule has 3 heterocycles. The van der Waals surface area contributed by atoms with Crippen LogP contribution >= 0.6 is 11.5 Å². The van der Waals surface area contributed by atoms with Gasteiger partial charge in [0.05, 0.1) is 17.4 Å². The van der Waals surface area contributed by atoms with Gasteiger partial charge in [0.1, 0.15) is 17.3 Å². The largest absolute Gasteiger partial charge is 0.503 e. The Hall–Kier alpha value is -4.11. The van der Waals surface area contributed by atoms with E-state index in [0.717, 1.165) is 11.5 Å². The number of fused-ring (bicyclic) bond motifs is 1. The molecule has 4 aromatic rings. The first-order valence-corrected chi connectivity index (χ1v) is 9.01. The highest BCUT2D eigenvalue weighted by Crippen LogP contribution is 2.50. The number of aromatic nitrogens is 4. The highest BCUT2D eigenvalue weighted by molar-refractivity contribution is 7.10. The molecule has 0 radical (unpaired) electrons. The monoisotopic (exact) mass is 407 g/mol. The number of nitrogens with zero attached hydrogens (tertiary/aromatic N) is 8. The summed E-state index contributed by atoms with van der Waals surface area (Å²) in [5, 5.41) is 51.2. The van der Waals surface area contributed by atoms with Gasteiger partial charge < -0.3 is 15.2 Å². The second-order valence-electron chi connectivity index (χ2n) is 5.93. The van der Waals surface area contributed by atoms with Crippen LogP contribution in [0.2, 0.25) is 0 Å². The molecule has 0 aliphatic rings. The van der Waals surface area contributed by atoms with Crippen LogP contribution in [-0.4, -0.2) is 29.4 Å². The van der Waals surface area contributed by atoms with Crippen LogP contribution in [-0.2, 0) is 7.05 Å². The van der Waals surface area contributed by atoms with Gasteiger partial charge in [-0.3, -0.25) is 0 Å². The lowest BCUT2D eigenvalue weighted by atomic mass is 10.1. The number of phenols is 2. The van der Waals surface area contributed by atoms with Gasteiger partial charge in [0, 0.05) is 24.7 Å². The summed E-state index contributed by atoms with van der Waals surface area (Å²) in [6.07, 6.45) is 3.18. The highest BCUT2D eigenvalue weighted by atomic mass is 32.1. The molecule has 0 saturated heterocycles. The van der Waals surface area contributed by atoms with Crippen LogP contribution in [0, 0.1) is 18.3 Å². The number of benzene rings is 1. The summed E-state index contributed by atoms with van der Waals surface area (Å²) in [5.74, 6) is -0.527. The predicted molar refractivity (Wildman–Crippen MR) is 105 cm³/mol. The quantitative estimate of drug-likeness (QED) is 0.327. The van der Waals surface area contributed by atoms with E-state index in [-0.39, 0.29) is 11.4 Å². The van der Waals surface area contributed by atoms with Gasteiger partial charge in [-0.2, -0.15) is 14.7 Å². The summed E-state index contributed by atoms with van der Waals surface area (Å²) in [6.45, 7) is 1.70. The zero-order chi connectivity index (χ0) is 20.5. The fourth-order valence-corrected chi connectivity index (χ4v) is 3.32. The van der Waals surface area contributed by atoms with Crippen molar-refractivity contribution in [3.05, 3.63) is 35.8 Å². The van der Waals surface area contributed by atoms with E-state index in [1.165, 1.54) is 4.68 Å². The minimum atomic E-state index is -0.512. The zero-order valence-corrected chi connectivity index (χ0v) is 16.0. The Morgan fingerprint density at radius 1 is 1.14 bits per heavy atom. The normalized spacial score (nSPS) is 11.8. The Labute approximate surface area is 167 Å². The fraction of sp³-hybridized carbons (Fsp3) is 0.118. The van der Waals surface area contributed by atoms with Gasteiger partial charge in [-0.25, -0.2) is 4.68 Å². The zero-order valence-electron chi connectivity index (χ0n) is 15.2. The van der Waals surface area contributed by atoms with Gasteiger partial charge in [0.15, 0.2) is 28.0 Å². The topological polar surface area (TPSA) is 160 Å². The number of phenolic OH excluding ortho intramolecular Hbond substituents is 2. The molecule has 0 atom stereocenters. The molecule has 3 N–H and O–H groups in total. The highest BCUT2D eigenvalue weighted by Gasteiger charge is 2.20. The van der Waals surface area contributed by atoms with E-state index in [9.17, 15) is 15.5 Å². The van der Waals surface area contributed by atoms with Crippen molar-refractivity contribution in [2.75, 3.05) is 0 Å². The van der Waals surface area contributed by atoms with Crippen LogP contribution in [0.5, 0.6) is 11.5 Å². The summed E-state index contributed by atoms with van der Waals surface area (Å²) in [7, 11) is 1.71. The maximum absolute atomic E-state index is 10.5. The average molecular weight is 407 g/mol. The summed E-state index contributed by atoms with van der Waals surface area (Å²) < 4.78 is 5.59. The molecule has 11 nitrogen and oxygen atoms in total. The SMILES string of the molecule is Cc1nsc(/N=N/c2c(O)c(O)c(/N=N/c3ccnn3C)c3cc[nH]c23)c1C#N. The third kappa shape index (κ3) is 3.09. The second kappa shape index (κ2) is 7.13. The van der Waals surface area contributed by atoms with Crippen LogP contribution in [0.15, 0.2) is 45.0 Å². The molecule has 0 saturated carbocycles. The molecule has 0 amide bonds. The number of nitrogens with one attached hydrogen (secondary N) is 1. The number of azo groups is 2. The van der Waals surface area contributed by atoms with Crippen LogP contribution in [0.1, 0.15) is 11.3 Å². The third-order valence-electron chi connectivity index (χ3n) is 4.16. The standard InChI is InChI=1S/C17H13N9O2S/c1-8-10(7-18)17(29-25-8)24-23-14-12-9(3-5-19-12)13(15(27)16(14)28)22-21-11-4-6-20-26(11)2/h3-6,19,27-28H,1-2H3/b22-21+,24-23+. The first kappa shape index (κ1) is 18.3. The van der Waals surface area contributed by atoms with E-state index < -0.39 is 11.5 Å². The first-order valence-electron chi connectivity index (χ1n) is 8.24. The number of H-pyrrole nitrogens is 1. The molecule has 4 rings (SSSR count). The molecule has 29 heavy (non-hydrogen) atoms. The lowest BCUT2D eigenvalue weighted by Gasteiger charge is -2.06. The van der Waals surface area contributed by atoms with Crippen molar-refractivity contribution < 1.29 is 10.2 Å². The summed E-state index contributed by atoms with van der Waals surface area (Å²) in [6, 6.07) is 5.35. The summed E-state index contributed by atoms with van der Waals surface area (Å²) in [5.41, 5.74) is 1.35. The minimum Gasteiger partial charge on any atom is -0.503 e. The van der Waals surface area contributed by atoms with Gasteiger partial charge in [-0.15, -0.1) is 20.5 Å². The molecule has 0 unspecified atom stereocenters. The van der Waals surface area contributed by atoms with E-state index in [1.54, 1.807) is 38.5 Å². The van der Waals surface area contributed by atoms with E-state index in [4.69, 9.17) is 0 Å². The molecule has 0 fully saturated rings. The van der Waals surface area contributed by atoms with Crippen LogP contribution in [0.25, 0.3) is 10.9 Å². The predicted octanol–water partition coefficient (Wildman–Crippen LogP) is 4.78. The van der Waals surface area contributed by atoms with Crippen molar-refractivity contribution in [1.82, 2.24) is 19.1 Å². The summed E-state index contributed by atoms with van der Waals surface area (Å²) >= 11 is 1.02. The van der Waals surface area contributed by atoms with E-state index in [0.29, 0.717) is 33.0 Å². The number of hydrogen-bond donors (Lipinski definition) is 3. The lowest BCUT2D eigenvalue weighted by molar-refractivity contribution is 0.406. The maximum atomic E-state index is 10.5. The number of aryl methyl sites for hydroxylation is 2. The van der Waals surface area contributed by atoms with E-state index in [1.807, 2.05) is 6.07 Å². The van der Waals surface area contributed by atoms with Gasteiger partial charge in [-0.1, -0.05) is 0 Å². The van der Waals surface area contributed by atoms with Gasteiger partial charge in [-0.05, 0) is 24.5 Å². The van der Waals surface area contributed by atoms with E-state index >= 15 is 0 Å². The number of nitriles is 1. The Morgan fingerprint density at radius 2 is 1.90 bits per heavy atom. The Kier molecular flexibility index (Phi) is 4.49. The van der Waals surface area contributed by atoms with Crippen molar-refractivity contribution in [3.8, 4) is 17.6 Å². The Morgan fingerprint density at radius 3 is 2.62 bits per heavy atom. The van der Waals surface area contributed by atoms with Gasteiger partial charge >= 0.3 is 0 Å². The summed E-state index contributed by atoms with van der Waals surface area (Å²) in [4.78, 5) is 2.95. The van der Waals surface area contributed by atoms with Crippen molar-refractivity contribution >= 4 is 44.6 Å². The van der Waals surface area contributed by atoms with Crippen LogP contribution < -0.4 is 0 Å². The van der Waals surface area contributed by atoms with Crippen molar-refractivity contribution in [3.63, 3.8) is 0 Å². The number of aromatic amines is 1. The second-order valence-corrected chi connectivity index (χ2v) is 6.69. The number of rotatable bonds is 4. The molecule has 1 aromatic carbocycles. The third-order valence-corrected chi connectivity index (χ3v) is 4.98. The average Bonchev–Trinajstić information content (AvgIpc) is 3.43. The lowest BCUT2D eigenvalue weighted by Crippen LogP contribution is -1.87. The molecular weight excluding hydrogens is 394 g/mol. The van der Waals surface area contributed by atoms with Crippen molar-refractivity contribution in [1.29, 1.82) is 5.26 Å². The maximum Gasteiger partial charge on any atom is 0.190 e. The molecule has 0 aliphatic carbocycles. The van der Waals surface area contributed by atoms with Gasteiger partial charge in [0.2, 0.25) is 0 Å². The molecule has 0 spiro atoms.